The molecule has 5 heteroatoms. The number of amides is 1. The van der Waals surface area contributed by atoms with Crippen molar-refractivity contribution in [3.63, 3.8) is 0 Å². The smallest absolute Gasteiger partial charge is 0.260 e. The van der Waals surface area contributed by atoms with Crippen LogP contribution in [-0.4, -0.2) is 25.1 Å². The Kier molecular flexibility index (Phi) is 4.66. The molecule has 0 heterocycles. The summed E-state index contributed by atoms with van der Waals surface area (Å²) in [5.74, 6) is 0.582. The molecule has 2 N–H and O–H groups in total. The van der Waals surface area contributed by atoms with E-state index < -0.39 is 6.10 Å². The number of hydrogen-bond acceptors (Lipinski definition) is 3. The Morgan fingerprint density at radius 2 is 2.26 bits per heavy atom. The molecule has 0 saturated heterocycles. The van der Waals surface area contributed by atoms with Gasteiger partial charge < -0.3 is 15.4 Å². The largest absolute Gasteiger partial charge is 0.481 e. The molecule has 1 aromatic rings. The topological polar surface area (TPSA) is 50.4 Å². The minimum absolute atomic E-state index is 0.0714. The molecule has 1 aliphatic carbocycles. The fraction of sp³-hybridized carbons (Fsp3) is 0.500. The maximum atomic E-state index is 11.9. The minimum atomic E-state index is -0.519. The number of ether oxygens (including phenoxy) is 1. The first-order valence-electron chi connectivity index (χ1n) is 6.51. The van der Waals surface area contributed by atoms with E-state index in [4.69, 9.17) is 16.3 Å². The van der Waals surface area contributed by atoms with Gasteiger partial charge in [0.2, 0.25) is 0 Å². The van der Waals surface area contributed by atoms with E-state index in [1.807, 2.05) is 25.2 Å². The van der Waals surface area contributed by atoms with Crippen molar-refractivity contribution >= 4 is 17.5 Å². The van der Waals surface area contributed by atoms with Gasteiger partial charge in [-0.05, 0) is 38.9 Å². The van der Waals surface area contributed by atoms with E-state index in [2.05, 4.69) is 10.6 Å². The predicted octanol–water partition coefficient (Wildman–Crippen LogP) is 2.11. The summed E-state index contributed by atoms with van der Waals surface area (Å²) in [5.41, 5.74) is 0.873. The van der Waals surface area contributed by atoms with Crippen molar-refractivity contribution in [2.75, 3.05) is 7.05 Å². The lowest BCUT2D eigenvalue weighted by molar-refractivity contribution is -0.127. The Morgan fingerprint density at radius 3 is 2.89 bits per heavy atom. The summed E-state index contributed by atoms with van der Waals surface area (Å²) in [6, 6.07) is 5.81. The van der Waals surface area contributed by atoms with Crippen LogP contribution in [0.15, 0.2) is 18.2 Å². The summed E-state index contributed by atoms with van der Waals surface area (Å²) < 4.78 is 5.73. The molecule has 0 bridgehead atoms. The highest BCUT2D eigenvalue weighted by Gasteiger charge is 2.26. The molecule has 1 atom stereocenters. The van der Waals surface area contributed by atoms with Crippen molar-refractivity contribution < 1.29 is 9.53 Å². The van der Waals surface area contributed by atoms with E-state index in [-0.39, 0.29) is 5.91 Å². The SMILES string of the molecule is CNCc1c(Cl)cccc1OC(C)C(=O)NC1CC1. The number of benzene rings is 1. The first-order valence-corrected chi connectivity index (χ1v) is 6.88. The maximum Gasteiger partial charge on any atom is 0.260 e. The number of carbonyl (C=O) groups is 1. The quantitative estimate of drug-likeness (QED) is 0.840. The van der Waals surface area contributed by atoms with Gasteiger partial charge in [-0.2, -0.15) is 0 Å². The van der Waals surface area contributed by atoms with Gasteiger partial charge in [0.1, 0.15) is 5.75 Å². The van der Waals surface area contributed by atoms with Gasteiger partial charge in [-0.15, -0.1) is 0 Å². The molecule has 19 heavy (non-hydrogen) atoms. The number of halogens is 1. The number of hydrogen-bond donors (Lipinski definition) is 2. The van der Waals surface area contributed by atoms with Gasteiger partial charge in [0.05, 0.1) is 0 Å². The van der Waals surface area contributed by atoms with E-state index in [0.717, 1.165) is 18.4 Å². The fourth-order valence-corrected chi connectivity index (χ4v) is 2.02. The second kappa shape index (κ2) is 6.26. The molecule has 1 amide bonds. The van der Waals surface area contributed by atoms with Crippen molar-refractivity contribution in [2.45, 2.75) is 38.5 Å². The van der Waals surface area contributed by atoms with E-state index in [9.17, 15) is 4.79 Å². The van der Waals surface area contributed by atoms with Crippen LogP contribution in [0.1, 0.15) is 25.3 Å². The van der Waals surface area contributed by atoms with Crippen LogP contribution in [0.5, 0.6) is 5.75 Å². The van der Waals surface area contributed by atoms with Crippen LogP contribution in [0, 0.1) is 0 Å². The van der Waals surface area contributed by atoms with Crippen LogP contribution in [0.3, 0.4) is 0 Å². The van der Waals surface area contributed by atoms with E-state index in [1.165, 1.54) is 0 Å². The Hall–Kier alpha value is -1.26. The Morgan fingerprint density at radius 1 is 1.53 bits per heavy atom. The summed E-state index contributed by atoms with van der Waals surface area (Å²) in [4.78, 5) is 11.9. The Balaban J connectivity index is 2.04. The highest BCUT2D eigenvalue weighted by molar-refractivity contribution is 6.31. The maximum absolute atomic E-state index is 11.9. The molecule has 1 aromatic carbocycles. The molecule has 1 unspecified atom stereocenters. The van der Waals surface area contributed by atoms with Crippen molar-refractivity contribution in [1.29, 1.82) is 0 Å². The third kappa shape index (κ3) is 3.85. The van der Waals surface area contributed by atoms with Crippen LogP contribution >= 0.6 is 11.6 Å². The highest BCUT2D eigenvalue weighted by atomic mass is 35.5. The van der Waals surface area contributed by atoms with Gasteiger partial charge in [-0.25, -0.2) is 0 Å². The average Bonchev–Trinajstić information content (AvgIpc) is 3.17. The van der Waals surface area contributed by atoms with Crippen molar-refractivity contribution in [3.8, 4) is 5.75 Å². The highest BCUT2D eigenvalue weighted by Crippen LogP contribution is 2.27. The van der Waals surface area contributed by atoms with Gasteiger partial charge in [0, 0.05) is 23.2 Å². The predicted molar refractivity (Wildman–Crippen MR) is 75.5 cm³/mol. The lowest BCUT2D eigenvalue weighted by Gasteiger charge is -2.17. The molecular weight excluding hydrogens is 264 g/mol. The molecule has 4 nitrogen and oxygen atoms in total. The summed E-state index contributed by atoms with van der Waals surface area (Å²) in [5, 5.41) is 6.61. The number of rotatable bonds is 6. The number of nitrogens with one attached hydrogen (secondary N) is 2. The van der Waals surface area contributed by atoms with E-state index in [1.54, 1.807) is 6.92 Å². The van der Waals surface area contributed by atoms with E-state index >= 15 is 0 Å². The molecule has 1 fully saturated rings. The summed E-state index contributed by atoms with van der Waals surface area (Å²) >= 11 is 6.14. The third-order valence-corrected chi connectivity index (χ3v) is 3.38. The molecule has 1 saturated carbocycles. The van der Waals surface area contributed by atoms with Crippen LogP contribution in [-0.2, 0) is 11.3 Å². The molecule has 2 rings (SSSR count). The van der Waals surface area contributed by atoms with Gasteiger partial charge in [-0.3, -0.25) is 4.79 Å². The second-order valence-corrected chi connectivity index (χ2v) is 5.20. The monoisotopic (exact) mass is 282 g/mol. The van der Waals surface area contributed by atoms with E-state index in [0.29, 0.717) is 23.4 Å². The zero-order chi connectivity index (χ0) is 13.8. The van der Waals surface area contributed by atoms with Gasteiger partial charge in [-0.1, -0.05) is 17.7 Å². The fourth-order valence-electron chi connectivity index (χ4n) is 1.79. The van der Waals surface area contributed by atoms with Crippen LogP contribution in [0.25, 0.3) is 0 Å². The molecule has 1 aliphatic rings. The van der Waals surface area contributed by atoms with Crippen LogP contribution in [0.2, 0.25) is 5.02 Å². The first kappa shape index (κ1) is 14.2. The number of carbonyl (C=O) groups excluding carboxylic acids is 1. The molecular formula is C14H19ClN2O2. The first-order chi connectivity index (χ1) is 9.11. The lowest BCUT2D eigenvalue weighted by atomic mass is 10.2. The minimum Gasteiger partial charge on any atom is -0.481 e. The molecule has 0 aromatic heterocycles. The zero-order valence-electron chi connectivity index (χ0n) is 11.2. The second-order valence-electron chi connectivity index (χ2n) is 4.79. The van der Waals surface area contributed by atoms with Crippen molar-refractivity contribution in [2.24, 2.45) is 0 Å². The zero-order valence-corrected chi connectivity index (χ0v) is 12.0. The van der Waals surface area contributed by atoms with Gasteiger partial charge in [0.25, 0.3) is 5.91 Å². The molecule has 0 aliphatic heterocycles. The standard InChI is InChI=1S/C14H19ClN2O2/c1-9(14(18)17-10-6-7-10)19-13-5-3-4-12(15)11(13)8-16-2/h3-5,9-10,16H,6-8H2,1-2H3,(H,17,18). The lowest BCUT2D eigenvalue weighted by Crippen LogP contribution is -2.37. The molecule has 0 radical (unpaired) electrons. The Bertz CT molecular complexity index is 461. The molecule has 0 spiro atoms. The summed E-state index contributed by atoms with van der Waals surface area (Å²) in [7, 11) is 1.84. The summed E-state index contributed by atoms with van der Waals surface area (Å²) in [6.45, 7) is 2.35. The van der Waals surface area contributed by atoms with Crippen LogP contribution in [0.4, 0.5) is 0 Å². The van der Waals surface area contributed by atoms with Crippen molar-refractivity contribution in [3.05, 3.63) is 28.8 Å². The normalized spacial score (nSPS) is 15.9. The van der Waals surface area contributed by atoms with Crippen LogP contribution < -0.4 is 15.4 Å². The van der Waals surface area contributed by atoms with Crippen molar-refractivity contribution in [1.82, 2.24) is 10.6 Å². The summed E-state index contributed by atoms with van der Waals surface area (Å²) in [6.07, 6.45) is 1.62. The molecule has 104 valence electrons. The Labute approximate surface area is 118 Å². The average molecular weight is 283 g/mol. The van der Waals surface area contributed by atoms with Gasteiger partial charge >= 0.3 is 0 Å². The van der Waals surface area contributed by atoms with Gasteiger partial charge in [0.15, 0.2) is 6.10 Å². The third-order valence-electron chi connectivity index (χ3n) is 3.03.